The van der Waals surface area contributed by atoms with Gasteiger partial charge in [0.25, 0.3) is 0 Å². The fraction of sp³-hybridized carbons (Fsp3) is 0.294. The molecule has 1 amide bonds. The standard InChI is InChI=1S/C17H21N7O/c1-12-10-16(23(3)21-12)20-17(25)11-18-13(2)14-4-6-15(7-5-14)24-9-8-19-22-24/h4-10,13,18H,11H2,1-3H3,(H,20,25)/t13-/m0/s1. The molecular weight excluding hydrogens is 318 g/mol. The summed E-state index contributed by atoms with van der Waals surface area (Å²) in [4.78, 5) is 12.1. The molecule has 2 N–H and O–H groups in total. The molecule has 0 saturated carbocycles. The highest BCUT2D eigenvalue weighted by molar-refractivity contribution is 5.91. The van der Waals surface area contributed by atoms with Gasteiger partial charge in [0.15, 0.2) is 0 Å². The average Bonchev–Trinajstić information content (AvgIpc) is 3.23. The Kier molecular flexibility index (Phi) is 4.90. The summed E-state index contributed by atoms with van der Waals surface area (Å²) in [6.45, 7) is 4.13. The van der Waals surface area contributed by atoms with Gasteiger partial charge in [0.05, 0.1) is 30.3 Å². The van der Waals surface area contributed by atoms with E-state index < -0.39 is 0 Å². The number of carbonyl (C=O) groups excluding carboxylic acids is 1. The van der Waals surface area contributed by atoms with E-state index in [4.69, 9.17) is 0 Å². The van der Waals surface area contributed by atoms with Gasteiger partial charge < -0.3 is 10.6 Å². The van der Waals surface area contributed by atoms with Crippen LogP contribution in [0, 0.1) is 6.92 Å². The van der Waals surface area contributed by atoms with Crippen LogP contribution in [0.2, 0.25) is 0 Å². The van der Waals surface area contributed by atoms with Crippen molar-refractivity contribution < 1.29 is 4.79 Å². The molecular formula is C17H21N7O. The van der Waals surface area contributed by atoms with Crippen molar-refractivity contribution in [3.63, 3.8) is 0 Å². The monoisotopic (exact) mass is 339 g/mol. The highest BCUT2D eigenvalue weighted by atomic mass is 16.2. The first kappa shape index (κ1) is 16.8. The van der Waals surface area contributed by atoms with Crippen molar-refractivity contribution in [2.45, 2.75) is 19.9 Å². The minimum absolute atomic E-state index is 0.0452. The second-order valence-corrected chi connectivity index (χ2v) is 5.88. The maximum atomic E-state index is 12.1. The summed E-state index contributed by atoms with van der Waals surface area (Å²) in [5, 5.41) is 18.0. The lowest BCUT2D eigenvalue weighted by molar-refractivity contribution is -0.115. The number of carbonyl (C=O) groups is 1. The van der Waals surface area contributed by atoms with Crippen LogP contribution in [0.3, 0.4) is 0 Å². The third-order valence-corrected chi connectivity index (χ3v) is 3.92. The lowest BCUT2D eigenvalue weighted by Gasteiger charge is -2.14. The molecule has 0 fully saturated rings. The van der Waals surface area contributed by atoms with Crippen LogP contribution in [0.4, 0.5) is 5.82 Å². The van der Waals surface area contributed by atoms with E-state index in [2.05, 4.69) is 26.0 Å². The van der Waals surface area contributed by atoms with Gasteiger partial charge in [-0.25, -0.2) is 4.68 Å². The number of hydrogen-bond acceptors (Lipinski definition) is 5. The molecule has 1 aromatic carbocycles. The van der Waals surface area contributed by atoms with E-state index in [1.807, 2.05) is 44.2 Å². The number of hydrogen-bond donors (Lipinski definition) is 2. The number of nitrogens with zero attached hydrogens (tertiary/aromatic N) is 5. The fourth-order valence-corrected chi connectivity index (χ4v) is 2.54. The van der Waals surface area contributed by atoms with Crippen molar-refractivity contribution in [3.05, 3.63) is 54.0 Å². The topological polar surface area (TPSA) is 89.7 Å². The van der Waals surface area contributed by atoms with Crippen LogP contribution < -0.4 is 10.6 Å². The number of nitrogens with one attached hydrogen (secondary N) is 2. The van der Waals surface area contributed by atoms with Crippen molar-refractivity contribution in [1.82, 2.24) is 30.1 Å². The van der Waals surface area contributed by atoms with Crippen LogP contribution in [-0.4, -0.2) is 37.2 Å². The van der Waals surface area contributed by atoms with Crippen LogP contribution in [0.25, 0.3) is 5.69 Å². The minimum atomic E-state index is -0.103. The van der Waals surface area contributed by atoms with Crippen molar-refractivity contribution in [3.8, 4) is 5.69 Å². The molecule has 2 heterocycles. The van der Waals surface area contributed by atoms with Crippen LogP contribution in [0.5, 0.6) is 0 Å². The Morgan fingerprint density at radius 2 is 2.04 bits per heavy atom. The number of amides is 1. The molecule has 0 aliphatic rings. The molecule has 0 saturated heterocycles. The summed E-state index contributed by atoms with van der Waals surface area (Å²) in [6, 6.07) is 9.85. The first-order valence-electron chi connectivity index (χ1n) is 8.03. The van der Waals surface area contributed by atoms with Crippen molar-refractivity contribution in [2.75, 3.05) is 11.9 Å². The van der Waals surface area contributed by atoms with E-state index in [0.29, 0.717) is 5.82 Å². The molecule has 3 rings (SSSR count). The fourth-order valence-electron chi connectivity index (χ4n) is 2.54. The van der Waals surface area contributed by atoms with Crippen LogP contribution in [0.15, 0.2) is 42.7 Å². The largest absolute Gasteiger partial charge is 0.310 e. The van der Waals surface area contributed by atoms with Gasteiger partial charge in [-0.3, -0.25) is 9.48 Å². The molecule has 25 heavy (non-hydrogen) atoms. The Morgan fingerprint density at radius 3 is 2.64 bits per heavy atom. The summed E-state index contributed by atoms with van der Waals surface area (Å²) < 4.78 is 3.35. The Balaban J connectivity index is 1.54. The third-order valence-electron chi connectivity index (χ3n) is 3.92. The van der Waals surface area contributed by atoms with Crippen LogP contribution >= 0.6 is 0 Å². The van der Waals surface area contributed by atoms with Gasteiger partial charge in [-0.2, -0.15) is 5.10 Å². The molecule has 0 aliphatic carbocycles. The lowest BCUT2D eigenvalue weighted by atomic mass is 10.1. The van der Waals surface area contributed by atoms with Gasteiger partial charge >= 0.3 is 0 Å². The lowest BCUT2D eigenvalue weighted by Crippen LogP contribution is -2.30. The number of aryl methyl sites for hydroxylation is 2. The van der Waals surface area contributed by atoms with Crippen LogP contribution in [0.1, 0.15) is 24.2 Å². The number of anilines is 1. The van der Waals surface area contributed by atoms with Crippen molar-refractivity contribution >= 4 is 11.7 Å². The Hall–Kier alpha value is -3.00. The van der Waals surface area contributed by atoms with E-state index >= 15 is 0 Å². The number of benzene rings is 1. The highest BCUT2D eigenvalue weighted by Gasteiger charge is 2.10. The van der Waals surface area contributed by atoms with E-state index in [-0.39, 0.29) is 18.5 Å². The maximum absolute atomic E-state index is 12.1. The minimum Gasteiger partial charge on any atom is -0.310 e. The molecule has 0 aliphatic heterocycles. The first-order chi connectivity index (χ1) is 12.0. The van der Waals surface area contributed by atoms with E-state index in [1.165, 1.54) is 0 Å². The van der Waals surface area contributed by atoms with Crippen molar-refractivity contribution in [1.29, 1.82) is 0 Å². The van der Waals surface area contributed by atoms with E-state index in [1.54, 1.807) is 28.8 Å². The molecule has 0 unspecified atom stereocenters. The quantitative estimate of drug-likeness (QED) is 0.712. The molecule has 0 bridgehead atoms. The molecule has 1 atom stereocenters. The Labute approximate surface area is 145 Å². The predicted molar refractivity (Wildman–Crippen MR) is 94.4 cm³/mol. The summed E-state index contributed by atoms with van der Waals surface area (Å²) in [7, 11) is 1.80. The maximum Gasteiger partial charge on any atom is 0.239 e. The van der Waals surface area contributed by atoms with Crippen LogP contribution in [-0.2, 0) is 11.8 Å². The first-order valence-corrected chi connectivity index (χ1v) is 8.03. The number of aromatic nitrogens is 5. The Bertz CT molecular complexity index is 837. The van der Waals surface area contributed by atoms with Gasteiger partial charge in [-0.15, -0.1) is 5.10 Å². The van der Waals surface area contributed by atoms with E-state index in [0.717, 1.165) is 16.9 Å². The molecule has 3 aromatic rings. The summed E-state index contributed by atoms with van der Waals surface area (Å²) >= 11 is 0. The molecule has 8 heteroatoms. The molecule has 0 spiro atoms. The van der Waals surface area contributed by atoms with Gasteiger partial charge in [-0.05, 0) is 31.5 Å². The van der Waals surface area contributed by atoms with Crippen molar-refractivity contribution in [2.24, 2.45) is 7.05 Å². The summed E-state index contributed by atoms with van der Waals surface area (Å²) in [6.07, 6.45) is 3.43. The SMILES string of the molecule is Cc1cc(NC(=O)CN[C@@H](C)c2ccc(-n3ccnn3)cc2)n(C)n1. The zero-order valence-corrected chi connectivity index (χ0v) is 14.5. The zero-order valence-electron chi connectivity index (χ0n) is 14.5. The molecule has 8 nitrogen and oxygen atoms in total. The normalized spacial score (nSPS) is 12.1. The third kappa shape index (κ3) is 4.10. The average molecular weight is 339 g/mol. The van der Waals surface area contributed by atoms with Gasteiger partial charge in [0.1, 0.15) is 5.82 Å². The summed E-state index contributed by atoms with van der Waals surface area (Å²) in [5.41, 5.74) is 2.90. The zero-order chi connectivity index (χ0) is 17.8. The Morgan fingerprint density at radius 1 is 1.28 bits per heavy atom. The van der Waals surface area contributed by atoms with Gasteiger partial charge in [0.2, 0.25) is 5.91 Å². The second kappa shape index (κ2) is 7.27. The van der Waals surface area contributed by atoms with Gasteiger partial charge in [0, 0.05) is 19.2 Å². The van der Waals surface area contributed by atoms with Gasteiger partial charge in [-0.1, -0.05) is 17.3 Å². The van der Waals surface area contributed by atoms with E-state index in [9.17, 15) is 4.79 Å². The molecule has 0 radical (unpaired) electrons. The number of rotatable bonds is 6. The summed E-state index contributed by atoms with van der Waals surface area (Å²) in [5.74, 6) is 0.586. The highest BCUT2D eigenvalue weighted by Crippen LogP contribution is 2.15. The second-order valence-electron chi connectivity index (χ2n) is 5.88. The smallest absolute Gasteiger partial charge is 0.239 e. The predicted octanol–water partition coefficient (Wildman–Crippen LogP) is 1.60. The molecule has 2 aromatic heterocycles. The molecule has 130 valence electrons.